The molecule has 1 aromatic rings. The van der Waals surface area contributed by atoms with E-state index in [9.17, 15) is 28.8 Å². The van der Waals surface area contributed by atoms with Crippen molar-refractivity contribution in [3.8, 4) is 0 Å². The van der Waals surface area contributed by atoms with E-state index in [-0.39, 0.29) is 57.2 Å². The first kappa shape index (κ1) is 56.7. The summed E-state index contributed by atoms with van der Waals surface area (Å²) in [6.07, 6.45) is 10.6. The van der Waals surface area contributed by atoms with E-state index in [2.05, 4.69) is 35.7 Å². The van der Waals surface area contributed by atoms with Crippen molar-refractivity contribution in [1.29, 1.82) is 0 Å². The van der Waals surface area contributed by atoms with Gasteiger partial charge in [-0.3, -0.25) is 14.4 Å². The van der Waals surface area contributed by atoms with Gasteiger partial charge in [0.15, 0.2) is 0 Å². The molecule has 3 aliphatic rings. The molecule has 0 aliphatic carbocycles. The van der Waals surface area contributed by atoms with E-state index in [1.807, 2.05) is 41.5 Å². The highest BCUT2D eigenvalue weighted by atomic mass is 16.6. The minimum atomic E-state index is -0.652. The number of ether oxygens (including phenoxy) is 6. The Kier molecular flexibility index (Phi) is 22.6. The summed E-state index contributed by atoms with van der Waals surface area (Å²) in [5.41, 5.74) is 0.983. The van der Waals surface area contributed by atoms with Crippen LogP contribution in [0.15, 0.2) is 54.7 Å². The monoisotopic (exact) mass is 964 g/mol. The number of hydrogen-bond acceptors (Lipinski definition) is 15. The van der Waals surface area contributed by atoms with Gasteiger partial charge in [-0.05, 0) is 192 Å². The van der Waals surface area contributed by atoms with Gasteiger partial charge in [-0.25, -0.2) is 14.4 Å². The standard InChI is InChI=1S/C54H81N3O12/c1-37(49(61)67-52(4,5)43-22-16-28-55-43)19-10-13-25-46(58)64-34-40-31-41(35-65-47(59)26-14-11-20-38(2)50(62)68-53(6,7)44-23-17-29-56-44)33-42(32-40)36-66-48(60)27-15-12-21-39(3)51(63)69-54(8,9)45-24-18-30-57-45/h31-33,43-45,55-57H,1-3,10-30,34-36H2,4-9H3/t43-,44-,45-/m0/s1. The molecule has 3 fully saturated rings. The van der Waals surface area contributed by atoms with Crippen LogP contribution in [0.2, 0.25) is 0 Å². The molecule has 15 heteroatoms. The maximum Gasteiger partial charge on any atom is 0.333 e. The van der Waals surface area contributed by atoms with E-state index in [4.69, 9.17) is 28.4 Å². The zero-order valence-corrected chi connectivity index (χ0v) is 42.5. The van der Waals surface area contributed by atoms with Gasteiger partial charge < -0.3 is 44.4 Å². The molecule has 384 valence electrons. The lowest BCUT2D eigenvalue weighted by molar-refractivity contribution is -0.155. The van der Waals surface area contributed by atoms with Crippen LogP contribution in [0.25, 0.3) is 0 Å². The third kappa shape index (κ3) is 19.8. The van der Waals surface area contributed by atoms with Crippen molar-refractivity contribution in [1.82, 2.24) is 16.0 Å². The molecule has 0 spiro atoms. The van der Waals surface area contributed by atoms with Crippen LogP contribution in [0, 0.1) is 0 Å². The van der Waals surface area contributed by atoms with Crippen LogP contribution in [0.4, 0.5) is 0 Å². The largest absolute Gasteiger partial charge is 0.461 e. The van der Waals surface area contributed by atoms with Crippen molar-refractivity contribution in [3.05, 3.63) is 71.3 Å². The average Bonchev–Trinajstić information content (AvgIpc) is 4.14. The Balaban J connectivity index is 1.23. The van der Waals surface area contributed by atoms with Gasteiger partial charge in [-0.15, -0.1) is 0 Å². The van der Waals surface area contributed by atoms with Gasteiger partial charge in [0.1, 0.15) is 36.6 Å². The molecule has 3 aliphatic heterocycles. The number of nitrogens with one attached hydrogen (secondary N) is 3. The molecule has 0 aromatic heterocycles. The highest BCUT2D eigenvalue weighted by Gasteiger charge is 2.38. The second kappa shape index (κ2) is 27.5. The van der Waals surface area contributed by atoms with Gasteiger partial charge in [0.05, 0.1) is 0 Å². The van der Waals surface area contributed by atoms with Crippen LogP contribution < -0.4 is 16.0 Å². The molecule has 0 unspecified atom stereocenters. The molecule has 3 heterocycles. The summed E-state index contributed by atoms with van der Waals surface area (Å²) >= 11 is 0. The SMILES string of the molecule is C=C(CCCCC(=O)OCc1cc(COC(=O)CCCCC(=C)C(=O)OC(C)(C)[C@@H]2CCCN2)cc(COC(=O)CCCCC(=C)C(=O)OC(C)(C)[C@@H]2CCCN2)c1)C(=O)OC(C)(C)[C@@H]1CCCN1. The first-order chi connectivity index (χ1) is 32.6. The van der Waals surface area contributed by atoms with Crippen LogP contribution in [0.3, 0.4) is 0 Å². The zero-order chi connectivity index (χ0) is 50.6. The smallest absolute Gasteiger partial charge is 0.333 e. The van der Waals surface area contributed by atoms with Crippen molar-refractivity contribution in [2.75, 3.05) is 19.6 Å². The normalized spacial score (nSPS) is 18.3. The Labute approximate surface area is 410 Å². The fraction of sp³-hybridized carbons (Fsp3) is 0.667. The van der Waals surface area contributed by atoms with E-state index < -0.39 is 52.6 Å². The summed E-state index contributed by atoms with van der Waals surface area (Å²) < 4.78 is 34.1. The topological polar surface area (TPSA) is 194 Å². The van der Waals surface area contributed by atoms with Gasteiger partial charge in [0, 0.05) is 54.1 Å². The van der Waals surface area contributed by atoms with Crippen molar-refractivity contribution >= 4 is 35.8 Å². The lowest BCUT2D eigenvalue weighted by Gasteiger charge is -2.31. The first-order valence-electron chi connectivity index (χ1n) is 25.2. The van der Waals surface area contributed by atoms with Crippen molar-refractivity contribution < 1.29 is 57.2 Å². The molecule has 0 radical (unpaired) electrons. The highest BCUT2D eigenvalue weighted by Crippen LogP contribution is 2.27. The second-order valence-corrected chi connectivity index (χ2v) is 20.5. The minimum Gasteiger partial charge on any atom is -0.461 e. The van der Waals surface area contributed by atoms with E-state index in [0.717, 1.165) is 58.2 Å². The van der Waals surface area contributed by atoms with Gasteiger partial charge in [-0.2, -0.15) is 0 Å². The fourth-order valence-corrected chi connectivity index (χ4v) is 8.91. The van der Waals surface area contributed by atoms with Crippen LogP contribution in [-0.2, 0) is 77.0 Å². The third-order valence-electron chi connectivity index (χ3n) is 13.3. The van der Waals surface area contributed by atoms with E-state index in [0.29, 0.717) is 91.2 Å². The molecule has 3 N–H and O–H groups in total. The maximum absolute atomic E-state index is 12.8. The van der Waals surface area contributed by atoms with E-state index in [1.54, 1.807) is 18.2 Å². The molecule has 0 saturated carbocycles. The summed E-state index contributed by atoms with van der Waals surface area (Å²) in [6, 6.07) is 5.60. The lowest BCUT2D eigenvalue weighted by Crippen LogP contribution is -2.46. The molecule has 3 atom stereocenters. The molecular weight excluding hydrogens is 883 g/mol. The minimum absolute atomic E-state index is 0.0633. The number of hydrogen-bond donors (Lipinski definition) is 3. The van der Waals surface area contributed by atoms with Crippen LogP contribution >= 0.6 is 0 Å². The summed E-state index contributed by atoms with van der Waals surface area (Å²) in [5, 5.41) is 10.1. The predicted molar refractivity (Wildman–Crippen MR) is 262 cm³/mol. The van der Waals surface area contributed by atoms with Crippen molar-refractivity contribution in [3.63, 3.8) is 0 Å². The zero-order valence-electron chi connectivity index (χ0n) is 42.5. The Morgan fingerprint density at radius 3 is 0.928 bits per heavy atom. The molecule has 69 heavy (non-hydrogen) atoms. The molecule has 1 aromatic carbocycles. The van der Waals surface area contributed by atoms with E-state index >= 15 is 0 Å². The second-order valence-electron chi connectivity index (χ2n) is 20.5. The van der Waals surface area contributed by atoms with Crippen LogP contribution in [0.5, 0.6) is 0 Å². The summed E-state index contributed by atoms with van der Waals surface area (Å²) in [7, 11) is 0. The predicted octanol–water partition coefficient (Wildman–Crippen LogP) is 8.39. The number of rotatable bonds is 30. The number of benzene rings is 1. The molecular formula is C54H81N3O12. The van der Waals surface area contributed by atoms with E-state index in [1.165, 1.54) is 0 Å². The Morgan fingerprint density at radius 1 is 0.449 bits per heavy atom. The van der Waals surface area contributed by atoms with Gasteiger partial charge >= 0.3 is 35.8 Å². The summed E-state index contributed by atoms with van der Waals surface area (Å²) in [5.74, 6) is -2.56. The van der Waals surface area contributed by atoms with Gasteiger partial charge in [0.2, 0.25) is 0 Å². The molecule has 0 amide bonds. The summed E-state index contributed by atoms with van der Waals surface area (Å²) in [6.45, 7) is 25.6. The molecule has 3 saturated heterocycles. The Hall–Kier alpha value is -4.86. The van der Waals surface area contributed by atoms with Gasteiger partial charge in [-0.1, -0.05) is 19.7 Å². The third-order valence-corrected chi connectivity index (χ3v) is 13.3. The lowest BCUT2D eigenvalue weighted by atomic mass is 9.97. The first-order valence-corrected chi connectivity index (χ1v) is 25.2. The summed E-state index contributed by atoms with van der Waals surface area (Å²) in [4.78, 5) is 76.7. The highest BCUT2D eigenvalue weighted by molar-refractivity contribution is 5.89. The van der Waals surface area contributed by atoms with Crippen LogP contribution in [0.1, 0.15) is 174 Å². The molecule has 0 bridgehead atoms. The fourth-order valence-electron chi connectivity index (χ4n) is 8.91. The van der Waals surface area contributed by atoms with Crippen molar-refractivity contribution in [2.45, 2.75) is 212 Å². The average molecular weight is 964 g/mol. The van der Waals surface area contributed by atoms with Gasteiger partial charge in [0.25, 0.3) is 0 Å². The number of carbonyl (C=O) groups excluding carboxylic acids is 6. The number of unbranched alkanes of at least 4 members (excludes halogenated alkanes) is 3. The number of carbonyl (C=O) groups is 6. The van der Waals surface area contributed by atoms with Crippen LogP contribution in [-0.4, -0.2) is 90.4 Å². The van der Waals surface area contributed by atoms with Crippen molar-refractivity contribution in [2.24, 2.45) is 0 Å². The Morgan fingerprint density at radius 2 is 0.696 bits per heavy atom. The molecule has 4 rings (SSSR count). The quantitative estimate of drug-likeness (QED) is 0.0288. The maximum atomic E-state index is 12.8. The molecule has 15 nitrogen and oxygen atoms in total. The number of esters is 6. The Bertz CT molecular complexity index is 1720.